The second-order valence-electron chi connectivity index (χ2n) is 5.32. The highest BCUT2D eigenvalue weighted by Crippen LogP contribution is 2.34. The fourth-order valence-electron chi connectivity index (χ4n) is 2.80. The first-order valence-electron chi connectivity index (χ1n) is 6.87. The molecule has 3 atom stereocenters. The summed E-state index contributed by atoms with van der Waals surface area (Å²) in [6.45, 7) is 3.87. The fourth-order valence-corrected chi connectivity index (χ4v) is 3.75. The molecule has 0 aromatic rings. The van der Waals surface area contributed by atoms with Gasteiger partial charge in [0, 0.05) is 5.75 Å². The predicted molar refractivity (Wildman–Crippen MR) is 70.7 cm³/mol. The molecule has 1 rings (SSSR count). The van der Waals surface area contributed by atoms with E-state index >= 15 is 0 Å². The Morgan fingerprint density at radius 3 is 2.47 bits per heavy atom. The molecule has 1 saturated carbocycles. The Bertz CT molecular complexity index is 311. The van der Waals surface area contributed by atoms with Crippen LogP contribution in [0, 0.1) is 11.8 Å². The molecule has 0 aromatic heterocycles. The van der Waals surface area contributed by atoms with Crippen molar-refractivity contribution in [3.63, 3.8) is 0 Å². The number of aliphatic hydroxyl groups excluding tert-OH is 1. The number of hydrogen-bond donors (Lipinski definition) is 1. The number of sulfone groups is 1. The molecule has 0 radical (unpaired) electrons. The van der Waals surface area contributed by atoms with Crippen LogP contribution in [0.2, 0.25) is 0 Å². The second-order valence-corrected chi connectivity index (χ2v) is 7.79. The third kappa shape index (κ3) is 4.96. The fraction of sp³-hybridized carbons (Fsp3) is 1.00. The molecule has 1 fully saturated rings. The minimum atomic E-state index is -2.88. The summed E-state index contributed by atoms with van der Waals surface area (Å²) in [7, 11) is -2.88. The van der Waals surface area contributed by atoms with Gasteiger partial charge in [-0.3, -0.25) is 0 Å². The maximum atomic E-state index is 11.5. The van der Waals surface area contributed by atoms with Crippen LogP contribution in [0.15, 0.2) is 0 Å². The van der Waals surface area contributed by atoms with Crippen LogP contribution in [0.4, 0.5) is 0 Å². The minimum absolute atomic E-state index is 0.196. The van der Waals surface area contributed by atoms with Crippen LogP contribution in [0.3, 0.4) is 0 Å². The van der Waals surface area contributed by atoms with E-state index in [0.717, 1.165) is 19.3 Å². The van der Waals surface area contributed by atoms with Crippen molar-refractivity contribution in [2.24, 2.45) is 11.8 Å². The van der Waals surface area contributed by atoms with E-state index in [-0.39, 0.29) is 23.5 Å². The molecule has 1 N–H and O–H groups in total. The Kier molecular flexibility index (Phi) is 5.93. The molecule has 0 aromatic carbocycles. The molecular weight excluding hydrogens is 236 g/mol. The van der Waals surface area contributed by atoms with Crippen molar-refractivity contribution in [2.45, 2.75) is 58.5 Å². The lowest BCUT2D eigenvalue weighted by atomic mass is 9.76. The number of hydrogen-bond acceptors (Lipinski definition) is 3. The lowest BCUT2D eigenvalue weighted by molar-refractivity contribution is 0.0447. The van der Waals surface area contributed by atoms with E-state index in [1.807, 2.05) is 0 Å². The van der Waals surface area contributed by atoms with Gasteiger partial charge in [0.05, 0.1) is 11.9 Å². The predicted octanol–water partition coefficient (Wildman–Crippen LogP) is 2.39. The Labute approximate surface area is 106 Å². The first-order chi connectivity index (χ1) is 7.98. The van der Waals surface area contributed by atoms with Crippen LogP contribution in [0.1, 0.15) is 52.4 Å². The highest BCUT2D eigenvalue weighted by Gasteiger charge is 2.29. The van der Waals surface area contributed by atoms with Gasteiger partial charge in [0.25, 0.3) is 0 Å². The van der Waals surface area contributed by atoms with Crippen LogP contribution in [-0.4, -0.2) is 31.1 Å². The van der Waals surface area contributed by atoms with E-state index in [4.69, 9.17) is 0 Å². The Balaban J connectivity index is 2.45. The van der Waals surface area contributed by atoms with Crippen molar-refractivity contribution in [2.75, 3.05) is 11.5 Å². The molecule has 0 bridgehead atoms. The Morgan fingerprint density at radius 1 is 1.18 bits per heavy atom. The zero-order valence-corrected chi connectivity index (χ0v) is 11.9. The van der Waals surface area contributed by atoms with Gasteiger partial charge >= 0.3 is 0 Å². The van der Waals surface area contributed by atoms with Gasteiger partial charge in [-0.25, -0.2) is 8.42 Å². The van der Waals surface area contributed by atoms with E-state index in [0.29, 0.717) is 12.3 Å². The zero-order chi connectivity index (χ0) is 12.9. The molecule has 0 aliphatic heterocycles. The summed E-state index contributed by atoms with van der Waals surface area (Å²) in [6.07, 6.45) is 5.71. The second kappa shape index (κ2) is 6.74. The molecule has 102 valence electrons. The van der Waals surface area contributed by atoms with Crippen molar-refractivity contribution < 1.29 is 13.5 Å². The molecule has 4 heteroatoms. The van der Waals surface area contributed by atoms with Gasteiger partial charge in [0.2, 0.25) is 0 Å². The van der Waals surface area contributed by atoms with Gasteiger partial charge in [-0.15, -0.1) is 0 Å². The van der Waals surface area contributed by atoms with Gasteiger partial charge in [0.1, 0.15) is 9.84 Å². The molecule has 3 unspecified atom stereocenters. The molecule has 0 heterocycles. The van der Waals surface area contributed by atoms with E-state index < -0.39 is 9.84 Å². The molecule has 17 heavy (non-hydrogen) atoms. The SMILES string of the molecule is CCCC1CCC(O)C(CCS(=O)(=O)CC)C1. The third-order valence-electron chi connectivity index (χ3n) is 3.99. The lowest BCUT2D eigenvalue weighted by Crippen LogP contribution is -2.30. The van der Waals surface area contributed by atoms with Gasteiger partial charge in [-0.05, 0) is 37.5 Å². The quantitative estimate of drug-likeness (QED) is 0.799. The van der Waals surface area contributed by atoms with Crippen molar-refractivity contribution >= 4 is 9.84 Å². The summed E-state index contributed by atoms with van der Waals surface area (Å²) in [5.41, 5.74) is 0. The van der Waals surface area contributed by atoms with Crippen molar-refractivity contribution in [3.05, 3.63) is 0 Å². The maximum absolute atomic E-state index is 11.5. The summed E-state index contributed by atoms with van der Waals surface area (Å²) < 4.78 is 22.9. The molecule has 0 amide bonds. The molecule has 1 aliphatic rings. The van der Waals surface area contributed by atoms with Crippen LogP contribution in [-0.2, 0) is 9.84 Å². The molecule has 0 saturated heterocycles. The standard InChI is InChI=1S/C13H26O3S/c1-3-5-11-6-7-13(14)12(10-11)8-9-17(15,16)4-2/h11-14H,3-10H2,1-2H3. The monoisotopic (exact) mass is 262 g/mol. The largest absolute Gasteiger partial charge is 0.393 e. The summed E-state index contributed by atoms with van der Waals surface area (Å²) in [6, 6.07) is 0. The molecule has 1 aliphatic carbocycles. The number of aliphatic hydroxyl groups is 1. The highest BCUT2D eigenvalue weighted by molar-refractivity contribution is 7.91. The minimum Gasteiger partial charge on any atom is -0.393 e. The summed E-state index contributed by atoms with van der Waals surface area (Å²) in [5, 5.41) is 9.93. The van der Waals surface area contributed by atoms with Crippen molar-refractivity contribution in [3.8, 4) is 0 Å². The van der Waals surface area contributed by atoms with Crippen molar-refractivity contribution in [1.29, 1.82) is 0 Å². The van der Waals surface area contributed by atoms with Crippen LogP contribution < -0.4 is 0 Å². The molecule has 0 spiro atoms. The van der Waals surface area contributed by atoms with E-state index in [2.05, 4.69) is 6.92 Å². The van der Waals surface area contributed by atoms with Crippen LogP contribution >= 0.6 is 0 Å². The maximum Gasteiger partial charge on any atom is 0.150 e. The first-order valence-corrected chi connectivity index (χ1v) is 8.69. The van der Waals surface area contributed by atoms with E-state index in [9.17, 15) is 13.5 Å². The topological polar surface area (TPSA) is 54.4 Å². The smallest absolute Gasteiger partial charge is 0.150 e. The van der Waals surface area contributed by atoms with E-state index in [1.165, 1.54) is 12.8 Å². The molecular formula is C13H26O3S. The van der Waals surface area contributed by atoms with Crippen LogP contribution in [0.5, 0.6) is 0 Å². The normalized spacial score (nSPS) is 30.4. The van der Waals surface area contributed by atoms with Gasteiger partial charge in [0.15, 0.2) is 0 Å². The average molecular weight is 262 g/mol. The Hall–Kier alpha value is -0.0900. The lowest BCUT2D eigenvalue weighted by Gasteiger charge is -2.33. The Morgan fingerprint density at radius 2 is 1.88 bits per heavy atom. The van der Waals surface area contributed by atoms with E-state index in [1.54, 1.807) is 6.92 Å². The van der Waals surface area contributed by atoms with Gasteiger partial charge in [-0.1, -0.05) is 26.7 Å². The first kappa shape index (κ1) is 15.0. The molecule has 3 nitrogen and oxygen atoms in total. The van der Waals surface area contributed by atoms with Crippen molar-refractivity contribution in [1.82, 2.24) is 0 Å². The summed E-state index contributed by atoms with van der Waals surface area (Å²) in [4.78, 5) is 0. The third-order valence-corrected chi connectivity index (χ3v) is 5.72. The zero-order valence-electron chi connectivity index (χ0n) is 11.1. The summed E-state index contributed by atoms with van der Waals surface area (Å²) >= 11 is 0. The summed E-state index contributed by atoms with van der Waals surface area (Å²) in [5.74, 6) is 1.34. The van der Waals surface area contributed by atoms with Gasteiger partial charge in [-0.2, -0.15) is 0 Å². The van der Waals surface area contributed by atoms with Crippen LogP contribution in [0.25, 0.3) is 0 Å². The number of rotatable bonds is 6. The average Bonchev–Trinajstić information content (AvgIpc) is 2.30. The highest BCUT2D eigenvalue weighted by atomic mass is 32.2. The van der Waals surface area contributed by atoms with Gasteiger partial charge < -0.3 is 5.11 Å².